The number of likely N-dealkylation sites (tertiary alicyclic amines) is 1. The molecule has 27 heavy (non-hydrogen) atoms. The van der Waals surface area contributed by atoms with Crippen molar-refractivity contribution < 1.29 is 9.90 Å². The molecule has 2 aromatic carbocycles. The third-order valence-corrected chi connectivity index (χ3v) is 5.50. The number of carboxylic acid groups (broad SMARTS) is 1. The zero-order valence-corrected chi connectivity index (χ0v) is 16.7. The zero-order valence-electron chi connectivity index (χ0n) is 16.0. The summed E-state index contributed by atoms with van der Waals surface area (Å²) in [7, 11) is 0. The van der Waals surface area contributed by atoms with Crippen molar-refractivity contribution in [1.29, 1.82) is 0 Å². The van der Waals surface area contributed by atoms with Gasteiger partial charge in [-0.1, -0.05) is 42.8 Å². The molecule has 4 nitrogen and oxygen atoms in total. The fourth-order valence-corrected chi connectivity index (χ4v) is 3.67. The van der Waals surface area contributed by atoms with Crippen LogP contribution in [0, 0.1) is 12.8 Å². The third-order valence-electron chi connectivity index (χ3n) is 5.08. The number of anilines is 1. The molecule has 1 fully saturated rings. The highest BCUT2D eigenvalue weighted by Gasteiger charge is 2.32. The Bertz CT molecular complexity index is 803. The topological polar surface area (TPSA) is 43.8 Å². The summed E-state index contributed by atoms with van der Waals surface area (Å²) in [5, 5.41) is 9.81. The first kappa shape index (κ1) is 19.7. The minimum Gasteiger partial charge on any atom is -0.481 e. The first-order valence-electron chi connectivity index (χ1n) is 9.50. The Morgan fingerprint density at radius 3 is 2.63 bits per heavy atom. The molecular formula is C22H27ClN2O2. The number of rotatable bonds is 8. The first-order chi connectivity index (χ1) is 13.0. The van der Waals surface area contributed by atoms with Crippen LogP contribution in [0.15, 0.2) is 42.5 Å². The van der Waals surface area contributed by atoms with Gasteiger partial charge in [-0.15, -0.1) is 0 Å². The maximum absolute atomic E-state index is 11.0. The van der Waals surface area contributed by atoms with Gasteiger partial charge in [-0.05, 0) is 48.2 Å². The highest BCUT2D eigenvalue weighted by Crippen LogP contribution is 2.25. The summed E-state index contributed by atoms with van der Waals surface area (Å²) in [5.74, 6) is -0.894. The Labute approximate surface area is 166 Å². The van der Waals surface area contributed by atoms with Crippen LogP contribution in [0.4, 0.5) is 5.69 Å². The molecule has 0 unspecified atom stereocenters. The van der Waals surface area contributed by atoms with E-state index in [1.165, 1.54) is 16.8 Å². The fourth-order valence-electron chi connectivity index (χ4n) is 3.56. The SMILES string of the molecule is CCCN(Cc1cccc(CN2CC(C(=O)O)C2)c1)c1ccc(Cl)c(C)c1. The average Bonchev–Trinajstić information content (AvgIpc) is 2.60. The number of carboxylic acids is 1. The van der Waals surface area contributed by atoms with Crippen LogP contribution < -0.4 is 4.90 Å². The number of carbonyl (C=O) groups is 1. The standard InChI is InChI=1S/C22H27ClN2O2/c1-3-9-25(20-7-8-21(23)16(2)10-20)13-18-6-4-5-17(11-18)12-24-14-19(15-24)22(26)27/h4-8,10-11,19H,3,9,12-15H2,1-2H3,(H,26,27). The van der Waals surface area contributed by atoms with Gasteiger partial charge in [0.1, 0.15) is 0 Å². The Kier molecular flexibility index (Phi) is 6.40. The van der Waals surface area contributed by atoms with E-state index in [4.69, 9.17) is 16.7 Å². The smallest absolute Gasteiger partial charge is 0.309 e. The first-order valence-corrected chi connectivity index (χ1v) is 9.88. The van der Waals surface area contributed by atoms with E-state index in [2.05, 4.69) is 53.1 Å². The van der Waals surface area contributed by atoms with Gasteiger partial charge in [0, 0.05) is 43.4 Å². The van der Waals surface area contributed by atoms with Gasteiger partial charge < -0.3 is 10.0 Å². The summed E-state index contributed by atoms with van der Waals surface area (Å²) in [4.78, 5) is 15.5. The Morgan fingerprint density at radius 2 is 1.96 bits per heavy atom. The van der Waals surface area contributed by atoms with E-state index in [0.717, 1.165) is 36.6 Å². The van der Waals surface area contributed by atoms with Crippen molar-refractivity contribution in [1.82, 2.24) is 4.90 Å². The van der Waals surface area contributed by atoms with Crippen LogP contribution in [0.1, 0.15) is 30.0 Å². The van der Waals surface area contributed by atoms with E-state index < -0.39 is 5.97 Å². The van der Waals surface area contributed by atoms with Crippen molar-refractivity contribution in [3.8, 4) is 0 Å². The molecule has 0 aliphatic carbocycles. The third kappa shape index (κ3) is 5.02. The van der Waals surface area contributed by atoms with E-state index in [-0.39, 0.29) is 5.92 Å². The van der Waals surface area contributed by atoms with Gasteiger partial charge in [0.25, 0.3) is 0 Å². The lowest BCUT2D eigenvalue weighted by atomic mass is 9.99. The number of aryl methyl sites for hydroxylation is 1. The van der Waals surface area contributed by atoms with E-state index in [1.54, 1.807) is 0 Å². The highest BCUT2D eigenvalue weighted by atomic mass is 35.5. The van der Waals surface area contributed by atoms with Crippen LogP contribution in [-0.4, -0.2) is 35.6 Å². The Hall–Kier alpha value is -2.04. The maximum atomic E-state index is 11.0. The van der Waals surface area contributed by atoms with Gasteiger partial charge in [-0.25, -0.2) is 0 Å². The minimum absolute atomic E-state index is 0.207. The molecule has 1 aliphatic rings. The summed E-state index contributed by atoms with van der Waals surface area (Å²) in [6.07, 6.45) is 1.08. The summed E-state index contributed by atoms with van der Waals surface area (Å²) < 4.78 is 0. The second kappa shape index (κ2) is 8.77. The van der Waals surface area contributed by atoms with Gasteiger partial charge in [0.2, 0.25) is 0 Å². The lowest BCUT2D eigenvalue weighted by Crippen LogP contribution is -2.49. The number of halogens is 1. The van der Waals surface area contributed by atoms with Crippen molar-refractivity contribution in [3.05, 3.63) is 64.2 Å². The van der Waals surface area contributed by atoms with Crippen molar-refractivity contribution >= 4 is 23.3 Å². The highest BCUT2D eigenvalue weighted by molar-refractivity contribution is 6.31. The molecule has 0 spiro atoms. The van der Waals surface area contributed by atoms with Gasteiger partial charge >= 0.3 is 5.97 Å². The molecule has 0 radical (unpaired) electrons. The molecule has 1 N–H and O–H groups in total. The summed E-state index contributed by atoms with van der Waals surface area (Å²) in [6, 6.07) is 14.8. The molecule has 0 aromatic heterocycles. The normalized spacial score (nSPS) is 14.8. The summed E-state index contributed by atoms with van der Waals surface area (Å²) >= 11 is 6.18. The quantitative estimate of drug-likeness (QED) is 0.721. The van der Waals surface area contributed by atoms with Crippen molar-refractivity contribution in [2.75, 3.05) is 24.5 Å². The van der Waals surface area contributed by atoms with Gasteiger partial charge in [0.05, 0.1) is 5.92 Å². The summed E-state index contributed by atoms with van der Waals surface area (Å²) in [5.41, 5.74) is 4.79. The van der Waals surface area contributed by atoms with E-state index in [9.17, 15) is 4.79 Å². The molecule has 1 saturated heterocycles. The fraction of sp³-hybridized carbons (Fsp3) is 0.409. The van der Waals surface area contributed by atoms with Gasteiger partial charge in [0.15, 0.2) is 0 Å². The number of hydrogen-bond acceptors (Lipinski definition) is 3. The van der Waals surface area contributed by atoms with Crippen LogP contribution in [-0.2, 0) is 17.9 Å². The Morgan fingerprint density at radius 1 is 1.22 bits per heavy atom. The second-order valence-electron chi connectivity index (χ2n) is 7.40. The van der Waals surface area contributed by atoms with Gasteiger partial charge in [-0.3, -0.25) is 9.69 Å². The molecule has 1 aliphatic heterocycles. The number of benzene rings is 2. The van der Waals surface area contributed by atoms with E-state index in [0.29, 0.717) is 13.1 Å². The lowest BCUT2D eigenvalue weighted by molar-refractivity contribution is -0.147. The molecule has 0 amide bonds. The molecule has 144 valence electrons. The van der Waals surface area contributed by atoms with Crippen LogP contribution in [0.3, 0.4) is 0 Å². The van der Waals surface area contributed by atoms with E-state index >= 15 is 0 Å². The predicted octanol–water partition coefficient (Wildman–Crippen LogP) is 4.58. The number of nitrogens with zero attached hydrogens (tertiary/aromatic N) is 2. The van der Waals surface area contributed by atoms with Crippen LogP contribution in [0.25, 0.3) is 0 Å². The molecule has 0 bridgehead atoms. The molecule has 3 rings (SSSR count). The van der Waals surface area contributed by atoms with Crippen LogP contribution in [0.2, 0.25) is 5.02 Å². The Balaban J connectivity index is 1.67. The second-order valence-corrected chi connectivity index (χ2v) is 7.81. The predicted molar refractivity (Wildman–Crippen MR) is 110 cm³/mol. The number of aliphatic carboxylic acids is 1. The van der Waals surface area contributed by atoms with E-state index in [1.807, 2.05) is 13.0 Å². The molecule has 5 heteroatoms. The summed E-state index contributed by atoms with van der Waals surface area (Å²) in [6.45, 7) is 8.16. The van der Waals surface area contributed by atoms with Crippen molar-refractivity contribution in [3.63, 3.8) is 0 Å². The average molecular weight is 387 g/mol. The van der Waals surface area contributed by atoms with Crippen molar-refractivity contribution in [2.45, 2.75) is 33.4 Å². The van der Waals surface area contributed by atoms with Crippen LogP contribution >= 0.6 is 11.6 Å². The molecule has 0 atom stereocenters. The molecular weight excluding hydrogens is 360 g/mol. The number of hydrogen-bond donors (Lipinski definition) is 1. The monoisotopic (exact) mass is 386 g/mol. The molecule has 1 heterocycles. The van der Waals surface area contributed by atoms with Crippen LogP contribution in [0.5, 0.6) is 0 Å². The lowest BCUT2D eigenvalue weighted by Gasteiger charge is -2.36. The largest absolute Gasteiger partial charge is 0.481 e. The zero-order chi connectivity index (χ0) is 19.4. The maximum Gasteiger partial charge on any atom is 0.309 e. The minimum atomic E-state index is -0.687. The van der Waals surface area contributed by atoms with Gasteiger partial charge in [-0.2, -0.15) is 0 Å². The molecule has 2 aromatic rings. The molecule has 0 saturated carbocycles. The van der Waals surface area contributed by atoms with Crippen molar-refractivity contribution in [2.24, 2.45) is 5.92 Å².